The number of rotatable bonds is 8. The van der Waals surface area contributed by atoms with Crippen molar-refractivity contribution in [3.05, 3.63) is 0 Å². The Hall–Kier alpha value is -0.0800. The normalized spacial score (nSPS) is 41.1. The summed E-state index contributed by atoms with van der Waals surface area (Å²) in [5, 5.41) is 0. The molecule has 0 unspecified atom stereocenters. The van der Waals surface area contributed by atoms with Gasteiger partial charge < -0.3 is 5.73 Å². The first-order valence-corrected chi connectivity index (χ1v) is 9.69. The Kier molecular flexibility index (Phi) is 4.95. The van der Waals surface area contributed by atoms with Crippen LogP contribution in [0, 0.1) is 23.7 Å². The lowest BCUT2D eigenvalue weighted by Gasteiger charge is -2.64. The maximum absolute atomic E-state index is 6.49. The maximum atomic E-state index is 6.49. The Morgan fingerprint density at radius 2 is 1.33 bits per heavy atom. The van der Waals surface area contributed by atoms with Crippen LogP contribution < -0.4 is 5.73 Å². The van der Waals surface area contributed by atoms with E-state index in [4.69, 9.17) is 5.73 Å². The molecule has 4 fully saturated rings. The van der Waals surface area contributed by atoms with Crippen molar-refractivity contribution in [1.29, 1.82) is 0 Å². The van der Waals surface area contributed by atoms with Crippen LogP contribution in [0.2, 0.25) is 0 Å². The predicted octanol–water partition coefficient (Wildman–Crippen LogP) is 4.04. The van der Waals surface area contributed by atoms with Gasteiger partial charge in [0.25, 0.3) is 0 Å². The Labute approximate surface area is 131 Å². The predicted molar refractivity (Wildman–Crippen MR) is 90.2 cm³/mol. The molecule has 0 atom stereocenters. The summed E-state index contributed by atoms with van der Waals surface area (Å²) in [5.41, 5.74) is 6.86. The van der Waals surface area contributed by atoms with Gasteiger partial charge in [-0.2, -0.15) is 0 Å². The third-order valence-corrected chi connectivity index (χ3v) is 7.03. The summed E-state index contributed by atoms with van der Waals surface area (Å²) in [5.74, 6) is 3.91. The number of hydrogen-bond donors (Lipinski definition) is 1. The molecular formula is C19H36N2. The zero-order valence-electron chi connectivity index (χ0n) is 14.3. The van der Waals surface area contributed by atoms with E-state index in [1.54, 1.807) is 0 Å². The SMILES string of the molecule is CCCCN(CCCC)C1(CN)C2CC3CC(C2)CC1C3. The van der Waals surface area contributed by atoms with Crippen LogP contribution in [0.1, 0.15) is 71.6 Å². The molecule has 2 N–H and O–H groups in total. The smallest absolute Gasteiger partial charge is 0.0388 e. The first-order valence-electron chi connectivity index (χ1n) is 9.69. The van der Waals surface area contributed by atoms with E-state index in [1.807, 2.05) is 0 Å². The highest BCUT2D eigenvalue weighted by Crippen LogP contribution is 2.59. The van der Waals surface area contributed by atoms with Gasteiger partial charge in [0, 0.05) is 12.1 Å². The quantitative estimate of drug-likeness (QED) is 0.731. The topological polar surface area (TPSA) is 29.3 Å². The second kappa shape index (κ2) is 6.58. The number of nitrogens with zero attached hydrogens (tertiary/aromatic N) is 1. The number of unbranched alkanes of at least 4 members (excludes halogenated alkanes) is 2. The van der Waals surface area contributed by atoms with Gasteiger partial charge in [-0.1, -0.05) is 26.7 Å². The molecule has 0 aromatic carbocycles. The molecule has 4 rings (SSSR count). The van der Waals surface area contributed by atoms with Crippen LogP contribution in [0.3, 0.4) is 0 Å². The fraction of sp³-hybridized carbons (Fsp3) is 1.00. The van der Waals surface area contributed by atoms with Crippen LogP contribution in [-0.2, 0) is 0 Å². The molecule has 21 heavy (non-hydrogen) atoms. The zero-order valence-corrected chi connectivity index (χ0v) is 14.3. The highest BCUT2D eigenvalue weighted by Gasteiger charge is 2.58. The van der Waals surface area contributed by atoms with Crippen molar-refractivity contribution in [1.82, 2.24) is 4.90 Å². The van der Waals surface area contributed by atoms with Crippen molar-refractivity contribution in [2.75, 3.05) is 19.6 Å². The number of nitrogens with two attached hydrogens (primary N) is 1. The molecule has 0 radical (unpaired) electrons. The molecule has 4 saturated carbocycles. The molecule has 0 spiro atoms. The first kappa shape index (κ1) is 15.8. The van der Waals surface area contributed by atoms with Gasteiger partial charge in [-0.3, -0.25) is 4.90 Å². The summed E-state index contributed by atoms with van der Waals surface area (Å²) in [6.45, 7) is 8.13. The van der Waals surface area contributed by atoms with E-state index < -0.39 is 0 Å². The lowest BCUT2D eigenvalue weighted by Crippen LogP contribution is -2.69. The molecule has 4 aliphatic carbocycles. The minimum atomic E-state index is 0.373. The van der Waals surface area contributed by atoms with Gasteiger partial charge in [0.1, 0.15) is 0 Å². The second-order valence-corrected chi connectivity index (χ2v) is 8.19. The van der Waals surface area contributed by atoms with Crippen LogP contribution in [0.25, 0.3) is 0 Å². The molecule has 0 aromatic heterocycles. The first-order chi connectivity index (χ1) is 10.2. The molecule has 0 amide bonds. The molecule has 122 valence electrons. The van der Waals surface area contributed by atoms with E-state index in [0.717, 1.165) is 30.2 Å². The summed E-state index contributed by atoms with van der Waals surface area (Å²) in [6.07, 6.45) is 12.8. The minimum absolute atomic E-state index is 0.373. The summed E-state index contributed by atoms with van der Waals surface area (Å²) < 4.78 is 0. The van der Waals surface area contributed by atoms with Gasteiger partial charge in [-0.05, 0) is 81.7 Å². The van der Waals surface area contributed by atoms with Gasteiger partial charge in [0.15, 0.2) is 0 Å². The summed E-state index contributed by atoms with van der Waals surface area (Å²) in [6, 6.07) is 0. The average molecular weight is 293 g/mol. The largest absolute Gasteiger partial charge is 0.329 e. The van der Waals surface area contributed by atoms with Gasteiger partial charge in [-0.15, -0.1) is 0 Å². The molecule has 0 heterocycles. The zero-order chi connectivity index (χ0) is 14.9. The van der Waals surface area contributed by atoms with Crippen LogP contribution in [0.15, 0.2) is 0 Å². The summed E-state index contributed by atoms with van der Waals surface area (Å²) in [7, 11) is 0. The standard InChI is InChI=1S/C19H36N2/c1-3-5-7-21(8-6-4-2)19(14-20)17-10-15-9-16(12-17)13-18(19)11-15/h15-18H,3-14,20H2,1-2H3. The van der Waals surface area contributed by atoms with Crippen LogP contribution in [-0.4, -0.2) is 30.1 Å². The van der Waals surface area contributed by atoms with E-state index in [-0.39, 0.29) is 0 Å². The molecule has 0 aromatic rings. The minimum Gasteiger partial charge on any atom is -0.329 e. The Bertz CT molecular complexity index is 302. The Morgan fingerprint density at radius 1 is 0.857 bits per heavy atom. The third kappa shape index (κ3) is 2.67. The lowest BCUT2D eigenvalue weighted by atomic mass is 9.48. The van der Waals surface area contributed by atoms with E-state index in [9.17, 15) is 0 Å². The molecule has 2 heteroatoms. The molecular weight excluding hydrogens is 256 g/mol. The van der Waals surface area contributed by atoms with Gasteiger partial charge in [0.05, 0.1) is 0 Å². The molecule has 4 bridgehead atoms. The average Bonchev–Trinajstić information content (AvgIpc) is 2.48. The monoisotopic (exact) mass is 292 g/mol. The fourth-order valence-electron chi connectivity index (χ4n) is 6.21. The molecule has 0 saturated heterocycles. The third-order valence-electron chi connectivity index (χ3n) is 7.03. The second-order valence-electron chi connectivity index (χ2n) is 8.19. The van der Waals surface area contributed by atoms with E-state index in [2.05, 4.69) is 18.7 Å². The van der Waals surface area contributed by atoms with Crippen LogP contribution in [0.5, 0.6) is 0 Å². The lowest BCUT2D eigenvalue weighted by molar-refractivity contribution is -0.132. The summed E-state index contributed by atoms with van der Waals surface area (Å²) in [4.78, 5) is 2.88. The van der Waals surface area contributed by atoms with Gasteiger partial charge in [0.2, 0.25) is 0 Å². The van der Waals surface area contributed by atoms with Crippen molar-refractivity contribution in [2.24, 2.45) is 29.4 Å². The summed E-state index contributed by atoms with van der Waals surface area (Å²) >= 11 is 0. The van der Waals surface area contributed by atoms with Crippen LogP contribution >= 0.6 is 0 Å². The Balaban J connectivity index is 1.82. The van der Waals surface area contributed by atoms with E-state index in [0.29, 0.717) is 5.54 Å². The molecule has 2 nitrogen and oxygen atoms in total. The number of hydrogen-bond acceptors (Lipinski definition) is 2. The Morgan fingerprint density at radius 3 is 1.71 bits per heavy atom. The van der Waals surface area contributed by atoms with Gasteiger partial charge in [-0.25, -0.2) is 0 Å². The van der Waals surface area contributed by atoms with Crippen molar-refractivity contribution in [2.45, 2.75) is 77.2 Å². The maximum Gasteiger partial charge on any atom is 0.0388 e. The highest BCUT2D eigenvalue weighted by molar-refractivity contribution is 5.12. The highest BCUT2D eigenvalue weighted by atomic mass is 15.2. The van der Waals surface area contributed by atoms with Crippen molar-refractivity contribution in [3.8, 4) is 0 Å². The molecule has 0 aliphatic heterocycles. The molecule has 4 aliphatic rings. The van der Waals surface area contributed by atoms with Crippen molar-refractivity contribution < 1.29 is 0 Å². The van der Waals surface area contributed by atoms with Crippen molar-refractivity contribution >= 4 is 0 Å². The van der Waals surface area contributed by atoms with E-state index in [1.165, 1.54) is 70.9 Å². The van der Waals surface area contributed by atoms with Gasteiger partial charge >= 0.3 is 0 Å². The fourth-order valence-corrected chi connectivity index (χ4v) is 6.21. The van der Waals surface area contributed by atoms with Crippen LogP contribution in [0.4, 0.5) is 0 Å². The van der Waals surface area contributed by atoms with E-state index >= 15 is 0 Å². The van der Waals surface area contributed by atoms with Crippen molar-refractivity contribution in [3.63, 3.8) is 0 Å².